The zero-order valence-electron chi connectivity index (χ0n) is 10.5. The smallest absolute Gasteiger partial charge is 0.0909 e. The molecule has 2 atom stereocenters. The molecule has 0 amide bonds. The van der Waals surface area contributed by atoms with Crippen molar-refractivity contribution in [3.8, 4) is 0 Å². The molecule has 16 heavy (non-hydrogen) atoms. The minimum Gasteiger partial charge on any atom is -0.385 e. The molecule has 0 aromatic carbocycles. The first-order valence-electron chi connectivity index (χ1n) is 6.30. The molecular formula is C14H22OS. The molecule has 0 spiro atoms. The average Bonchev–Trinajstić information content (AvgIpc) is 2.65. The van der Waals surface area contributed by atoms with Gasteiger partial charge < -0.3 is 5.11 Å². The Kier molecular flexibility index (Phi) is 3.41. The van der Waals surface area contributed by atoms with E-state index in [1.807, 2.05) is 0 Å². The summed E-state index contributed by atoms with van der Waals surface area (Å²) in [5.41, 5.74) is 0.639. The molecule has 1 aromatic rings. The maximum Gasteiger partial charge on any atom is 0.0909 e. The minimum absolute atomic E-state index is 0.544. The lowest BCUT2D eigenvalue weighted by molar-refractivity contribution is -0.0296. The number of aryl methyl sites for hydroxylation is 1. The van der Waals surface area contributed by atoms with Gasteiger partial charge in [-0.25, -0.2) is 0 Å². The van der Waals surface area contributed by atoms with Gasteiger partial charge >= 0.3 is 0 Å². The Balaban J connectivity index is 2.22. The van der Waals surface area contributed by atoms with Gasteiger partial charge in [0.1, 0.15) is 0 Å². The van der Waals surface area contributed by atoms with E-state index in [0.717, 1.165) is 19.3 Å². The second-order valence-corrected chi connectivity index (χ2v) is 6.64. The van der Waals surface area contributed by atoms with Crippen LogP contribution in [-0.2, 0) is 5.60 Å². The molecule has 1 aliphatic carbocycles. The van der Waals surface area contributed by atoms with Crippen LogP contribution in [0.15, 0.2) is 11.4 Å². The van der Waals surface area contributed by atoms with Gasteiger partial charge in [0.25, 0.3) is 0 Å². The number of aliphatic hydroxyl groups is 1. The second kappa shape index (κ2) is 4.50. The molecule has 1 aromatic heterocycles. The van der Waals surface area contributed by atoms with E-state index in [0.29, 0.717) is 11.8 Å². The summed E-state index contributed by atoms with van der Waals surface area (Å²) in [5, 5.41) is 12.9. The summed E-state index contributed by atoms with van der Waals surface area (Å²) in [7, 11) is 0. The van der Waals surface area contributed by atoms with Crippen molar-refractivity contribution < 1.29 is 5.11 Å². The average molecular weight is 238 g/mol. The fourth-order valence-corrected chi connectivity index (χ4v) is 3.77. The first kappa shape index (κ1) is 12.1. The highest BCUT2D eigenvalue weighted by Crippen LogP contribution is 2.44. The summed E-state index contributed by atoms with van der Waals surface area (Å²) in [4.78, 5) is 1.28. The Morgan fingerprint density at radius 1 is 1.50 bits per heavy atom. The van der Waals surface area contributed by atoms with Crippen LogP contribution in [0.3, 0.4) is 0 Å². The van der Waals surface area contributed by atoms with Crippen molar-refractivity contribution in [2.75, 3.05) is 0 Å². The molecule has 2 heteroatoms. The molecule has 0 radical (unpaired) electrons. The van der Waals surface area contributed by atoms with Crippen LogP contribution < -0.4 is 0 Å². The zero-order valence-corrected chi connectivity index (χ0v) is 11.3. The van der Waals surface area contributed by atoms with Crippen LogP contribution in [0.1, 0.15) is 50.0 Å². The Bertz CT molecular complexity index is 355. The summed E-state index contributed by atoms with van der Waals surface area (Å²) in [5.74, 6) is 1.36. The molecule has 1 N–H and O–H groups in total. The van der Waals surface area contributed by atoms with E-state index in [9.17, 15) is 5.11 Å². The van der Waals surface area contributed by atoms with Crippen molar-refractivity contribution in [3.63, 3.8) is 0 Å². The lowest BCUT2D eigenvalue weighted by atomic mass is 9.71. The number of thiophene rings is 1. The van der Waals surface area contributed by atoms with Gasteiger partial charge in [0, 0.05) is 4.88 Å². The molecule has 1 saturated carbocycles. The molecule has 2 unspecified atom stereocenters. The van der Waals surface area contributed by atoms with E-state index >= 15 is 0 Å². The summed E-state index contributed by atoms with van der Waals surface area (Å²) >= 11 is 1.75. The second-order valence-electron chi connectivity index (χ2n) is 5.52. The molecule has 90 valence electrons. The molecule has 0 saturated heterocycles. The van der Waals surface area contributed by atoms with E-state index in [2.05, 4.69) is 32.2 Å². The van der Waals surface area contributed by atoms with Crippen LogP contribution in [0.5, 0.6) is 0 Å². The van der Waals surface area contributed by atoms with E-state index in [1.165, 1.54) is 16.9 Å². The highest BCUT2D eigenvalue weighted by Gasteiger charge is 2.37. The fourth-order valence-electron chi connectivity index (χ4n) is 2.98. The molecule has 1 heterocycles. The normalized spacial score (nSPS) is 30.9. The molecular weight excluding hydrogens is 216 g/mol. The van der Waals surface area contributed by atoms with Crippen LogP contribution in [0.4, 0.5) is 0 Å². The molecule has 0 bridgehead atoms. The summed E-state index contributed by atoms with van der Waals surface area (Å²) in [6.45, 7) is 6.67. The van der Waals surface area contributed by atoms with Gasteiger partial charge in [-0.2, -0.15) is 0 Å². The van der Waals surface area contributed by atoms with Crippen molar-refractivity contribution in [3.05, 3.63) is 21.9 Å². The predicted molar refractivity (Wildman–Crippen MR) is 69.7 cm³/mol. The lowest BCUT2D eigenvalue weighted by Gasteiger charge is -2.38. The van der Waals surface area contributed by atoms with Gasteiger partial charge in [0.2, 0.25) is 0 Å². The largest absolute Gasteiger partial charge is 0.385 e. The Morgan fingerprint density at radius 2 is 2.25 bits per heavy atom. The first-order chi connectivity index (χ1) is 7.53. The van der Waals surface area contributed by atoms with E-state index in [-0.39, 0.29) is 0 Å². The quantitative estimate of drug-likeness (QED) is 0.822. The predicted octanol–water partition coefficient (Wildman–Crippen LogP) is 4.09. The van der Waals surface area contributed by atoms with E-state index in [1.54, 1.807) is 11.3 Å². The van der Waals surface area contributed by atoms with Crippen LogP contribution in [0, 0.1) is 18.8 Å². The van der Waals surface area contributed by atoms with Gasteiger partial charge in [-0.05, 0) is 61.5 Å². The Hall–Kier alpha value is -0.340. The number of hydrogen-bond acceptors (Lipinski definition) is 2. The van der Waals surface area contributed by atoms with Crippen LogP contribution >= 0.6 is 11.3 Å². The van der Waals surface area contributed by atoms with Gasteiger partial charge in [0.15, 0.2) is 0 Å². The highest BCUT2D eigenvalue weighted by molar-refractivity contribution is 7.10. The third kappa shape index (κ3) is 2.18. The maximum atomic E-state index is 10.8. The van der Waals surface area contributed by atoms with Crippen LogP contribution in [-0.4, -0.2) is 5.11 Å². The third-order valence-corrected chi connectivity index (χ3v) is 4.91. The van der Waals surface area contributed by atoms with E-state index < -0.39 is 5.60 Å². The van der Waals surface area contributed by atoms with Crippen molar-refractivity contribution in [1.29, 1.82) is 0 Å². The molecule has 0 aliphatic heterocycles. The third-order valence-electron chi connectivity index (χ3n) is 4.07. The standard InChI is InChI=1S/C14H22OS/c1-10(2)12-5-4-7-14(15,9-12)13-6-8-16-11(13)3/h6,8,10,12,15H,4-5,7,9H2,1-3H3. The van der Waals surface area contributed by atoms with Crippen molar-refractivity contribution in [2.24, 2.45) is 11.8 Å². The lowest BCUT2D eigenvalue weighted by Crippen LogP contribution is -2.34. The fraction of sp³-hybridized carbons (Fsp3) is 0.714. The highest BCUT2D eigenvalue weighted by atomic mass is 32.1. The maximum absolute atomic E-state index is 10.8. The summed E-state index contributed by atoms with van der Waals surface area (Å²) < 4.78 is 0. The number of hydrogen-bond donors (Lipinski definition) is 1. The minimum atomic E-state index is -0.544. The Morgan fingerprint density at radius 3 is 2.81 bits per heavy atom. The monoisotopic (exact) mass is 238 g/mol. The SMILES string of the molecule is Cc1sccc1C1(O)CCCC(C(C)C)C1. The molecule has 2 rings (SSSR count). The van der Waals surface area contributed by atoms with Crippen molar-refractivity contribution in [2.45, 2.75) is 52.1 Å². The van der Waals surface area contributed by atoms with Crippen molar-refractivity contribution >= 4 is 11.3 Å². The zero-order chi connectivity index (χ0) is 11.8. The van der Waals surface area contributed by atoms with Gasteiger partial charge in [-0.3, -0.25) is 0 Å². The van der Waals surface area contributed by atoms with Gasteiger partial charge in [-0.15, -0.1) is 11.3 Å². The first-order valence-corrected chi connectivity index (χ1v) is 7.18. The Labute approximate surface area is 103 Å². The molecule has 1 nitrogen and oxygen atoms in total. The number of rotatable bonds is 2. The summed E-state index contributed by atoms with van der Waals surface area (Å²) in [6, 6.07) is 2.11. The van der Waals surface area contributed by atoms with Crippen LogP contribution in [0.25, 0.3) is 0 Å². The van der Waals surface area contributed by atoms with Gasteiger partial charge in [0.05, 0.1) is 5.60 Å². The topological polar surface area (TPSA) is 20.2 Å². The van der Waals surface area contributed by atoms with E-state index in [4.69, 9.17) is 0 Å². The van der Waals surface area contributed by atoms with Crippen LogP contribution in [0.2, 0.25) is 0 Å². The van der Waals surface area contributed by atoms with Gasteiger partial charge in [-0.1, -0.05) is 13.8 Å². The molecule has 1 fully saturated rings. The van der Waals surface area contributed by atoms with Crippen molar-refractivity contribution in [1.82, 2.24) is 0 Å². The summed E-state index contributed by atoms with van der Waals surface area (Å²) in [6.07, 6.45) is 4.33. The molecule has 1 aliphatic rings.